The van der Waals surface area contributed by atoms with Crippen molar-refractivity contribution in [2.45, 2.75) is 52.4 Å². The van der Waals surface area contributed by atoms with Crippen LogP contribution in [0.25, 0.3) is 0 Å². The summed E-state index contributed by atoms with van der Waals surface area (Å²) in [4.78, 5) is 0. The molecule has 0 fully saturated rings. The van der Waals surface area contributed by atoms with E-state index < -0.39 is 0 Å². The van der Waals surface area contributed by atoms with Crippen molar-refractivity contribution in [2.75, 3.05) is 26.1 Å². The molecule has 1 aromatic carbocycles. The molecule has 1 N–H and O–H groups in total. The second-order valence-electron chi connectivity index (χ2n) is 5.22. The van der Waals surface area contributed by atoms with Gasteiger partial charge in [0.05, 0.1) is 14.2 Å². The van der Waals surface area contributed by atoms with Crippen LogP contribution >= 0.6 is 0 Å². The predicted molar refractivity (Wildman–Crippen MR) is 86.1 cm³/mol. The summed E-state index contributed by atoms with van der Waals surface area (Å²) in [6.07, 6.45) is 7.91. The Labute approximate surface area is 123 Å². The van der Waals surface area contributed by atoms with Crippen LogP contribution in [-0.2, 0) is 0 Å². The van der Waals surface area contributed by atoms with Gasteiger partial charge in [0.1, 0.15) is 0 Å². The van der Waals surface area contributed by atoms with E-state index in [2.05, 4.69) is 19.2 Å². The molecule has 0 aliphatic heterocycles. The van der Waals surface area contributed by atoms with E-state index in [4.69, 9.17) is 9.47 Å². The van der Waals surface area contributed by atoms with Gasteiger partial charge in [0.25, 0.3) is 0 Å². The Morgan fingerprint density at radius 2 is 1.50 bits per heavy atom. The van der Waals surface area contributed by atoms with Gasteiger partial charge in [0.2, 0.25) is 0 Å². The van der Waals surface area contributed by atoms with E-state index in [9.17, 15) is 0 Å². The molecule has 0 amide bonds. The van der Waals surface area contributed by atoms with Crippen molar-refractivity contribution in [3.8, 4) is 11.5 Å². The number of unbranched alkanes of at least 4 members (excludes halogenated alkanes) is 5. The standard InChI is InChI=1S/C17H29NO2/c1-5-6-7-8-9-10-11-18-15-13-17(20-4)16(19-3)12-14(15)2/h12-13,18H,5-11H2,1-4H3. The van der Waals surface area contributed by atoms with Gasteiger partial charge in [0.15, 0.2) is 11.5 Å². The van der Waals surface area contributed by atoms with Crippen molar-refractivity contribution in [2.24, 2.45) is 0 Å². The fourth-order valence-electron chi connectivity index (χ4n) is 2.30. The zero-order valence-electron chi connectivity index (χ0n) is 13.4. The molecule has 0 aliphatic carbocycles. The minimum absolute atomic E-state index is 0.781. The van der Waals surface area contributed by atoms with Crippen LogP contribution in [0.1, 0.15) is 51.0 Å². The van der Waals surface area contributed by atoms with Gasteiger partial charge in [-0.1, -0.05) is 39.0 Å². The SMILES string of the molecule is CCCCCCCCNc1cc(OC)c(OC)cc1C. The highest BCUT2D eigenvalue weighted by Crippen LogP contribution is 2.32. The monoisotopic (exact) mass is 279 g/mol. The average molecular weight is 279 g/mol. The first kappa shape index (κ1) is 16.7. The normalized spacial score (nSPS) is 10.4. The van der Waals surface area contributed by atoms with Gasteiger partial charge in [0, 0.05) is 18.3 Å². The zero-order chi connectivity index (χ0) is 14.8. The first-order valence-corrected chi connectivity index (χ1v) is 7.69. The Balaban J connectivity index is 2.40. The third-order valence-corrected chi connectivity index (χ3v) is 3.58. The molecule has 0 radical (unpaired) electrons. The highest BCUT2D eigenvalue weighted by Gasteiger charge is 2.07. The largest absolute Gasteiger partial charge is 0.493 e. The number of hydrogen-bond donors (Lipinski definition) is 1. The Morgan fingerprint density at radius 3 is 2.15 bits per heavy atom. The topological polar surface area (TPSA) is 30.5 Å². The Morgan fingerprint density at radius 1 is 0.900 bits per heavy atom. The van der Waals surface area contributed by atoms with Crippen molar-refractivity contribution >= 4 is 5.69 Å². The lowest BCUT2D eigenvalue weighted by atomic mass is 10.1. The molecule has 0 aromatic heterocycles. The van der Waals surface area contributed by atoms with Crippen LogP contribution in [0.3, 0.4) is 0 Å². The van der Waals surface area contributed by atoms with Crippen molar-refractivity contribution in [3.63, 3.8) is 0 Å². The van der Waals surface area contributed by atoms with E-state index in [-0.39, 0.29) is 0 Å². The Bertz CT molecular complexity index is 391. The van der Waals surface area contributed by atoms with Crippen molar-refractivity contribution < 1.29 is 9.47 Å². The molecular formula is C17H29NO2. The minimum Gasteiger partial charge on any atom is -0.493 e. The van der Waals surface area contributed by atoms with Gasteiger partial charge in [-0.3, -0.25) is 0 Å². The summed E-state index contributed by atoms with van der Waals surface area (Å²) in [7, 11) is 3.34. The summed E-state index contributed by atoms with van der Waals surface area (Å²) in [5.41, 5.74) is 2.32. The summed E-state index contributed by atoms with van der Waals surface area (Å²) in [5.74, 6) is 1.57. The number of anilines is 1. The van der Waals surface area contributed by atoms with E-state index >= 15 is 0 Å². The van der Waals surface area contributed by atoms with Crippen molar-refractivity contribution in [1.82, 2.24) is 0 Å². The number of benzene rings is 1. The van der Waals surface area contributed by atoms with Gasteiger partial charge in [-0.25, -0.2) is 0 Å². The fraction of sp³-hybridized carbons (Fsp3) is 0.647. The summed E-state index contributed by atoms with van der Waals surface area (Å²) in [6, 6.07) is 4.04. The molecule has 114 valence electrons. The van der Waals surface area contributed by atoms with Gasteiger partial charge in [-0.2, -0.15) is 0 Å². The van der Waals surface area contributed by atoms with Crippen LogP contribution in [0.2, 0.25) is 0 Å². The maximum absolute atomic E-state index is 5.34. The number of ether oxygens (including phenoxy) is 2. The number of aryl methyl sites for hydroxylation is 1. The van der Waals surface area contributed by atoms with Crippen LogP contribution < -0.4 is 14.8 Å². The first-order chi connectivity index (χ1) is 9.72. The molecule has 0 saturated heterocycles. The smallest absolute Gasteiger partial charge is 0.162 e. The molecule has 0 unspecified atom stereocenters. The third kappa shape index (κ3) is 5.32. The molecule has 0 saturated carbocycles. The lowest BCUT2D eigenvalue weighted by Crippen LogP contribution is -2.04. The van der Waals surface area contributed by atoms with Crippen LogP contribution in [0.15, 0.2) is 12.1 Å². The molecule has 3 nitrogen and oxygen atoms in total. The van der Waals surface area contributed by atoms with Gasteiger partial charge >= 0.3 is 0 Å². The minimum atomic E-state index is 0.781. The van der Waals surface area contributed by atoms with E-state index in [1.165, 1.54) is 44.1 Å². The third-order valence-electron chi connectivity index (χ3n) is 3.58. The summed E-state index contributed by atoms with van der Waals surface area (Å²) < 4.78 is 10.6. The van der Waals surface area contributed by atoms with Gasteiger partial charge < -0.3 is 14.8 Å². The van der Waals surface area contributed by atoms with Crippen LogP contribution in [-0.4, -0.2) is 20.8 Å². The number of hydrogen-bond acceptors (Lipinski definition) is 3. The first-order valence-electron chi connectivity index (χ1n) is 7.69. The molecule has 0 bridgehead atoms. The number of rotatable bonds is 10. The molecule has 3 heteroatoms. The fourth-order valence-corrected chi connectivity index (χ4v) is 2.30. The predicted octanol–water partition coefficient (Wildman–Crippen LogP) is 4.78. The van der Waals surface area contributed by atoms with Crippen molar-refractivity contribution in [1.29, 1.82) is 0 Å². The Hall–Kier alpha value is -1.38. The van der Waals surface area contributed by atoms with E-state index in [1.807, 2.05) is 12.1 Å². The quantitative estimate of drug-likeness (QED) is 0.625. The molecule has 20 heavy (non-hydrogen) atoms. The maximum Gasteiger partial charge on any atom is 0.162 e. The van der Waals surface area contributed by atoms with Gasteiger partial charge in [-0.15, -0.1) is 0 Å². The van der Waals surface area contributed by atoms with Crippen LogP contribution in [0.5, 0.6) is 11.5 Å². The summed E-state index contributed by atoms with van der Waals surface area (Å²) >= 11 is 0. The van der Waals surface area contributed by atoms with Crippen molar-refractivity contribution in [3.05, 3.63) is 17.7 Å². The highest BCUT2D eigenvalue weighted by atomic mass is 16.5. The zero-order valence-corrected chi connectivity index (χ0v) is 13.4. The number of methoxy groups -OCH3 is 2. The second kappa shape index (κ2) is 9.51. The van der Waals surface area contributed by atoms with E-state index in [1.54, 1.807) is 14.2 Å². The van der Waals surface area contributed by atoms with Crippen LogP contribution in [0, 0.1) is 6.92 Å². The summed E-state index contributed by atoms with van der Waals surface area (Å²) in [6.45, 7) is 5.36. The maximum atomic E-state index is 5.34. The van der Waals surface area contributed by atoms with Crippen LogP contribution in [0.4, 0.5) is 5.69 Å². The van der Waals surface area contributed by atoms with Gasteiger partial charge in [-0.05, 0) is 25.0 Å². The highest BCUT2D eigenvalue weighted by molar-refractivity contribution is 5.60. The van der Waals surface area contributed by atoms with E-state index in [0.29, 0.717) is 0 Å². The second-order valence-corrected chi connectivity index (χ2v) is 5.22. The lowest BCUT2D eigenvalue weighted by Gasteiger charge is -2.14. The molecular weight excluding hydrogens is 250 g/mol. The van der Waals surface area contributed by atoms with E-state index in [0.717, 1.165) is 23.7 Å². The molecule has 0 atom stereocenters. The molecule has 0 heterocycles. The molecule has 0 spiro atoms. The molecule has 0 aliphatic rings. The Kier molecular flexibility index (Phi) is 7.93. The molecule has 1 rings (SSSR count). The average Bonchev–Trinajstić information content (AvgIpc) is 2.47. The summed E-state index contributed by atoms with van der Waals surface area (Å²) in [5, 5.41) is 3.49. The lowest BCUT2D eigenvalue weighted by molar-refractivity contribution is 0.355. The number of nitrogens with one attached hydrogen (secondary N) is 1. The molecule has 1 aromatic rings.